The fourth-order valence-electron chi connectivity index (χ4n) is 2.47. The molecule has 0 saturated heterocycles. The van der Waals surface area contributed by atoms with Gasteiger partial charge in [0.15, 0.2) is 0 Å². The van der Waals surface area contributed by atoms with Gasteiger partial charge in [-0.05, 0) is 11.6 Å². The molecule has 1 atom stereocenters. The van der Waals surface area contributed by atoms with E-state index in [2.05, 4.69) is 27.2 Å². The number of aliphatic hydroxyl groups excluding tert-OH is 1. The van der Waals surface area contributed by atoms with Gasteiger partial charge < -0.3 is 14.4 Å². The summed E-state index contributed by atoms with van der Waals surface area (Å²) in [7, 11) is 0. The Morgan fingerprint density at radius 1 is 1.32 bits per heavy atom. The number of nitrogens with zero attached hydrogens (tertiary/aromatic N) is 3. The van der Waals surface area contributed by atoms with E-state index in [0.29, 0.717) is 31.3 Å². The third kappa shape index (κ3) is 2.46. The van der Waals surface area contributed by atoms with Gasteiger partial charge >= 0.3 is 0 Å². The van der Waals surface area contributed by atoms with Crippen molar-refractivity contribution in [2.24, 2.45) is 0 Å². The summed E-state index contributed by atoms with van der Waals surface area (Å²) in [4.78, 5) is 2.09. The number of aromatic nitrogens is 2. The molecular formula is C14H17N3O2. The Kier molecular flexibility index (Phi) is 3.21. The second-order valence-corrected chi connectivity index (χ2v) is 4.81. The van der Waals surface area contributed by atoms with Gasteiger partial charge in [0.25, 0.3) is 0 Å². The van der Waals surface area contributed by atoms with Gasteiger partial charge in [0.05, 0.1) is 12.6 Å². The van der Waals surface area contributed by atoms with Crippen molar-refractivity contribution in [3.63, 3.8) is 0 Å². The van der Waals surface area contributed by atoms with E-state index in [-0.39, 0.29) is 6.10 Å². The molecule has 0 radical (unpaired) electrons. The number of fused-ring (bicyclic) bond motifs is 1. The first kappa shape index (κ1) is 12.2. The van der Waals surface area contributed by atoms with Crippen molar-refractivity contribution in [1.82, 2.24) is 10.2 Å². The van der Waals surface area contributed by atoms with Crippen molar-refractivity contribution in [2.45, 2.75) is 32.4 Å². The van der Waals surface area contributed by atoms with Crippen LogP contribution in [0.3, 0.4) is 0 Å². The van der Waals surface area contributed by atoms with Crippen molar-refractivity contribution >= 4 is 5.69 Å². The molecule has 3 rings (SSSR count). The molecule has 2 aromatic rings. The highest BCUT2D eigenvalue weighted by Crippen LogP contribution is 2.28. The first-order chi connectivity index (χ1) is 9.26. The summed E-state index contributed by atoms with van der Waals surface area (Å²) in [5.41, 5.74) is 2.31. The third-order valence-corrected chi connectivity index (χ3v) is 3.36. The van der Waals surface area contributed by atoms with E-state index in [9.17, 15) is 5.11 Å². The molecule has 0 aliphatic carbocycles. The second-order valence-electron chi connectivity index (χ2n) is 4.81. The zero-order chi connectivity index (χ0) is 13.2. The van der Waals surface area contributed by atoms with E-state index in [0.717, 1.165) is 17.7 Å². The normalized spacial score (nSPS) is 18.4. The highest BCUT2D eigenvalue weighted by molar-refractivity contribution is 5.55. The van der Waals surface area contributed by atoms with Gasteiger partial charge in [0.1, 0.15) is 0 Å². The number of β-amino-alcohol motifs (C(OH)–C–C–N with tert-alkyl or cyclic N) is 1. The Balaban J connectivity index is 1.84. The predicted molar refractivity (Wildman–Crippen MR) is 70.9 cm³/mol. The molecule has 1 aliphatic heterocycles. The van der Waals surface area contributed by atoms with Crippen LogP contribution in [0.15, 0.2) is 28.7 Å². The van der Waals surface area contributed by atoms with Crippen molar-refractivity contribution in [2.75, 3.05) is 11.4 Å². The van der Waals surface area contributed by atoms with Gasteiger partial charge in [-0.3, -0.25) is 0 Å². The van der Waals surface area contributed by atoms with Crippen molar-refractivity contribution in [1.29, 1.82) is 0 Å². The molecule has 1 unspecified atom stereocenters. The molecule has 1 aromatic carbocycles. The second kappa shape index (κ2) is 5.01. The van der Waals surface area contributed by atoms with E-state index in [1.165, 1.54) is 0 Å². The van der Waals surface area contributed by atoms with Gasteiger partial charge in [-0.2, -0.15) is 0 Å². The molecule has 0 spiro atoms. The molecule has 19 heavy (non-hydrogen) atoms. The maximum atomic E-state index is 9.95. The maximum absolute atomic E-state index is 9.95. The highest BCUT2D eigenvalue weighted by Gasteiger charge is 2.23. The molecule has 100 valence electrons. The van der Waals surface area contributed by atoms with Gasteiger partial charge in [0, 0.05) is 25.1 Å². The van der Waals surface area contributed by atoms with E-state index < -0.39 is 0 Å². The van der Waals surface area contributed by atoms with Gasteiger partial charge in [-0.15, -0.1) is 10.2 Å². The lowest BCUT2D eigenvalue weighted by Crippen LogP contribution is -2.38. The number of hydrogen-bond donors (Lipinski definition) is 1. The minimum atomic E-state index is -0.344. The molecule has 0 bridgehead atoms. The van der Waals surface area contributed by atoms with E-state index >= 15 is 0 Å². The van der Waals surface area contributed by atoms with Crippen LogP contribution in [0.4, 0.5) is 5.69 Å². The van der Waals surface area contributed by atoms with Crippen LogP contribution in [0.25, 0.3) is 0 Å². The number of benzene rings is 1. The number of anilines is 1. The lowest BCUT2D eigenvalue weighted by molar-refractivity contribution is 0.174. The Bertz CT molecular complexity index is 567. The summed E-state index contributed by atoms with van der Waals surface area (Å²) in [6, 6.07) is 8.13. The average molecular weight is 259 g/mol. The lowest BCUT2D eigenvalue weighted by Gasteiger charge is -2.33. The smallest absolute Gasteiger partial charge is 0.235 e. The van der Waals surface area contributed by atoms with Crippen molar-refractivity contribution in [3.8, 4) is 0 Å². The molecule has 0 saturated carbocycles. The summed E-state index contributed by atoms with van der Waals surface area (Å²) in [6.45, 7) is 3.12. The first-order valence-electron chi connectivity index (χ1n) is 6.58. The van der Waals surface area contributed by atoms with Crippen LogP contribution in [0.1, 0.15) is 24.3 Å². The van der Waals surface area contributed by atoms with Gasteiger partial charge in [-0.1, -0.05) is 25.1 Å². The summed E-state index contributed by atoms with van der Waals surface area (Å²) in [6.07, 6.45) is 1.10. The van der Waals surface area contributed by atoms with Crippen LogP contribution >= 0.6 is 0 Å². The van der Waals surface area contributed by atoms with Crippen LogP contribution in [0.5, 0.6) is 0 Å². The fraction of sp³-hybridized carbons (Fsp3) is 0.429. The molecule has 1 aromatic heterocycles. The number of rotatable bonds is 3. The molecule has 1 aliphatic rings. The van der Waals surface area contributed by atoms with Crippen LogP contribution in [-0.4, -0.2) is 28.0 Å². The molecule has 1 N–H and O–H groups in total. The Labute approximate surface area is 111 Å². The summed E-state index contributed by atoms with van der Waals surface area (Å²) >= 11 is 0. The maximum Gasteiger partial charge on any atom is 0.235 e. The quantitative estimate of drug-likeness (QED) is 0.906. The molecule has 5 nitrogen and oxygen atoms in total. The topological polar surface area (TPSA) is 62.4 Å². The molecule has 5 heteroatoms. The van der Waals surface area contributed by atoms with Gasteiger partial charge in [0.2, 0.25) is 11.8 Å². The monoisotopic (exact) mass is 259 g/mol. The summed E-state index contributed by atoms with van der Waals surface area (Å²) < 4.78 is 5.54. The van der Waals surface area contributed by atoms with E-state index in [1.807, 2.05) is 19.1 Å². The van der Waals surface area contributed by atoms with Crippen molar-refractivity contribution < 1.29 is 9.52 Å². The lowest BCUT2D eigenvalue weighted by atomic mass is 10.00. The van der Waals surface area contributed by atoms with E-state index in [1.54, 1.807) is 0 Å². The molecular weight excluding hydrogens is 242 g/mol. The summed E-state index contributed by atoms with van der Waals surface area (Å²) in [5.74, 6) is 1.25. The number of aryl methyl sites for hydroxylation is 1. The Morgan fingerprint density at radius 2 is 2.11 bits per heavy atom. The molecule has 0 amide bonds. The third-order valence-electron chi connectivity index (χ3n) is 3.36. The average Bonchev–Trinajstić information content (AvgIpc) is 2.86. The van der Waals surface area contributed by atoms with Crippen LogP contribution in [0, 0.1) is 0 Å². The first-order valence-corrected chi connectivity index (χ1v) is 6.58. The number of para-hydroxylation sites is 1. The number of hydrogen-bond acceptors (Lipinski definition) is 5. The summed E-state index contributed by atoms with van der Waals surface area (Å²) in [5, 5.41) is 18.0. The van der Waals surface area contributed by atoms with Crippen LogP contribution in [0.2, 0.25) is 0 Å². The SMILES string of the molecule is CCc1nnc(CN2CC(O)Cc3ccccc32)o1. The fourth-order valence-corrected chi connectivity index (χ4v) is 2.47. The largest absolute Gasteiger partial charge is 0.423 e. The zero-order valence-electron chi connectivity index (χ0n) is 10.9. The molecule has 0 fully saturated rings. The Hall–Kier alpha value is -1.88. The Morgan fingerprint density at radius 3 is 2.89 bits per heavy atom. The number of aliphatic hydroxyl groups is 1. The van der Waals surface area contributed by atoms with E-state index in [4.69, 9.17) is 4.42 Å². The van der Waals surface area contributed by atoms with Gasteiger partial charge in [-0.25, -0.2) is 0 Å². The highest BCUT2D eigenvalue weighted by atomic mass is 16.4. The zero-order valence-corrected chi connectivity index (χ0v) is 10.9. The van der Waals surface area contributed by atoms with Crippen LogP contribution in [-0.2, 0) is 19.4 Å². The minimum absolute atomic E-state index is 0.344. The molecule has 2 heterocycles. The minimum Gasteiger partial charge on any atom is -0.423 e. The van der Waals surface area contributed by atoms with Crippen molar-refractivity contribution in [3.05, 3.63) is 41.6 Å². The standard InChI is InChI=1S/C14H17N3O2/c1-2-13-15-16-14(19-13)9-17-8-11(18)7-10-5-3-4-6-12(10)17/h3-6,11,18H,2,7-9H2,1H3. The van der Waals surface area contributed by atoms with Crippen LogP contribution < -0.4 is 4.90 Å². The predicted octanol–water partition coefficient (Wildman–Crippen LogP) is 1.56.